The quantitative estimate of drug-likeness (QED) is 0.425. The number of rotatable bonds is 5. The molecule has 1 nitrogen and oxygen atoms in total. The van der Waals surface area contributed by atoms with Gasteiger partial charge in [-0.2, -0.15) is 0 Å². The molecule has 66 valence electrons. The van der Waals surface area contributed by atoms with Crippen molar-refractivity contribution in [1.29, 1.82) is 0 Å². The Morgan fingerprint density at radius 2 is 1.73 bits per heavy atom. The monoisotopic (exact) mass is 156 g/mol. The van der Waals surface area contributed by atoms with Crippen molar-refractivity contribution >= 4 is 6.72 Å². The second kappa shape index (κ2) is 4.53. The maximum Gasteiger partial charge on any atom is 0.142 e. The first kappa shape index (κ1) is 10.7. The van der Waals surface area contributed by atoms with Crippen molar-refractivity contribution in [3.05, 3.63) is 0 Å². The molecule has 0 aromatic rings. The summed E-state index contributed by atoms with van der Waals surface area (Å²) in [6.07, 6.45) is 3.81. The summed E-state index contributed by atoms with van der Waals surface area (Å²) in [7, 11) is 2.03. The molecule has 0 bridgehead atoms. The van der Waals surface area contributed by atoms with Gasteiger partial charge in [0.25, 0.3) is 0 Å². The van der Waals surface area contributed by atoms with Crippen LogP contribution < -0.4 is 0 Å². The fourth-order valence-corrected chi connectivity index (χ4v) is 1.06. The lowest BCUT2D eigenvalue weighted by atomic mass is 9.81. The van der Waals surface area contributed by atoms with Gasteiger partial charge in [-0.3, -0.25) is 0 Å². The lowest BCUT2D eigenvalue weighted by Crippen LogP contribution is -2.19. The van der Waals surface area contributed by atoms with E-state index in [0.717, 1.165) is 6.54 Å². The predicted octanol–water partition coefficient (Wildman–Crippen LogP) is 2.55. The second-order valence-electron chi connectivity index (χ2n) is 3.85. The molecular formula is C10H22N+. The number of nitrogens with zero attached hydrogens (tertiary/aromatic N) is 1. The van der Waals surface area contributed by atoms with Gasteiger partial charge in [-0.1, -0.05) is 33.6 Å². The van der Waals surface area contributed by atoms with Gasteiger partial charge in [0.05, 0.1) is 0 Å². The van der Waals surface area contributed by atoms with Gasteiger partial charge < -0.3 is 0 Å². The normalized spacial score (nSPS) is 11.6. The summed E-state index contributed by atoms with van der Waals surface area (Å²) >= 11 is 0. The van der Waals surface area contributed by atoms with Gasteiger partial charge in [-0.15, -0.1) is 0 Å². The third kappa shape index (κ3) is 4.18. The highest BCUT2D eigenvalue weighted by molar-refractivity contribution is 5.14. The van der Waals surface area contributed by atoms with Crippen LogP contribution in [0.1, 0.15) is 40.0 Å². The molecule has 0 saturated heterocycles. The minimum atomic E-state index is 0.534. The summed E-state index contributed by atoms with van der Waals surface area (Å²) < 4.78 is 2.02. The van der Waals surface area contributed by atoms with E-state index in [2.05, 4.69) is 27.5 Å². The molecule has 1 heteroatoms. The van der Waals surface area contributed by atoms with E-state index in [1.54, 1.807) is 0 Å². The number of hydrogen-bond donors (Lipinski definition) is 0. The van der Waals surface area contributed by atoms with Crippen LogP contribution in [0.4, 0.5) is 0 Å². The summed E-state index contributed by atoms with van der Waals surface area (Å²) in [4.78, 5) is 0. The van der Waals surface area contributed by atoms with Gasteiger partial charge in [-0.05, 0) is 5.41 Å². The largest absolute Gasteiger partial charge is 0.245 e. The Kier molecular flexibility index (Phi) is 4.39. The summed E-state index contributed by atoms with van der Waals surface area (Å²) in [5.41, 5.74) is 0.534. The van der Waals surface area contributed by atoms with Gasteiger partial charge in [0.2, 0.25) is 0 Å². The fourth-order valence-electron chi connectivity index (χ4n) is 1.06. The third-order valence-electron chi connectivity index (χ3n) is 2.80. The minimum absolute atomic E-state index is 0.534. The zero-order chi connectivity index (χ0) is 8.91. The van der Waals surface area contributed by atoms with E-state index in [9.17, 15) is 0 Å². The van der Waals surface area contributed by atoms with E-state index in [0.29, 0.717) is 5.41 Å². The van der Waals surface area contributed by atoms with Crippen molar-refractivity contribution < 1.29 is 4.58 Å². The maximum atomic E-state index is 3.84. The summed E-state index contributed by atoms with van der Waals surface area (Å²) in [5.74, 6) is 0. The van der Waals surface area contributed by atoms with Gasteiger partial charge in [0, 0.05) is 6.42 Å². The average Bonchev–Trinajstić information content (AvgIpc) is 2.00. The van der Waals surface area contributed by atoms with E-state index < -0.39 is 0 Å². The topological polar surface area (TPSA) is 3.01 Å². The van der Waals surface area contributed by atoms with Crippen molar-refractivity contribution in [2.24, 2.45) is 5.41 Å². The Hall–Kier alpha value is -0.330. The van der Waals surface area contributed by atoms with Gasteiger partial charge in [0.1, 0.15) is 20.3 Å². The Morgan fingerprint density at radius 3 is 2.00 bits per heavy atom. The highest BCUT2D eigenvalue weighted by atomic mass is 14.9. The Bertz CT molecular complexity index is 123. The van der Waals surface area contributed by atoms with E-state index in [-0.39, 0.29) is 0 Å². The van der Waals surface area contributed by atoms with Crippen molar-refractivity contribution in [3.8, 4) is 0 Å². The van der Waals surface area contributed by atoms with Crippen molar-refractivity contribution in [3.63, 3.8) is 0 Å². The molecule has 0 aliphatic rings. The highest BCUT2D eigenvalue weighted by Crippen LogP contribution is 2.28. The summed E-state index contributed by atoms with van der Waals surface area (Å²) in [6, 6.07) is 0. The van der Waals surface area contributed by atoms with E-state index >= 15 is 0 Å². The molecule has 11 heavy (non-hydrogen) atoms. The minimum Gasteiger partial charge on any atom is -0.245 e. The lowest BCUT2D eigenvalue weighted by molar-refractivity contribution is -0.491. The molecule has 0 N–H and O–H groups in total. The molecule has 0 fully saturated rings. The first-order chi connectivity index (χ1) is 5.04. The van der Waals surface area contributed by atoms with E-state index in [1.807, 2.05) is 11.6 Å². The van der Waals surface area contributed by atoms with Crippen LogP contribution in [0, 0.1) is 5.41 Å². The predicted molar refractivity (Wildman–Crippen MR) is 51.5 cm³/mol. The second-order valence-corrected chi connectivity index (χ2v) is 3.85. The molecule has 0 aromatic carbocycles. The molecule has 0 rings (SSSR count). The van der Waals surface area contributed by atoms with Crippen LogP contribution in [-0.4, -0.2) is 24.9 Å². The molecule has 0 heterocycles. The first-order valence-electron chi connectivity index (χ1n) is 4.55. The van der Waals surface area contributed by atoms with E-state index in [4.69, 9.17) is 0 Å². The highest BCUT2D eigenvalue weighted by Gasteiger charge is 2.20. The van der Waals surface area contributed by atoms with Crippen molar-refractivity contribution in [2.75, 3.05) is 13.6 Å². The first-order valence-corrected chi connectivity index (χ1v) is 4.55. The van der Waals surface area contributed by atoms with Crippen molar-refractivity contribution in [2.45, 2.75) is 40.0 Å². The van der Waals surface area contributed by atoms with E-state index in [1.165, 1.54) is 19.3 Å². The molecular weight excluding hydrogens is 134 g/mol. The zero-order valence-electron chi connectivity index (χ0n) is 8.48. The smallest absolute Gasteiger partial charge is 0.142 e. The van der Waals surface area contributed by atoms with Crippen molar-refractivity contribution in [1.82, 2.24) is 0 Å². The molecule has 0 saturated carbocycles. The van der Waals surface area contributed by atoms with Crippen LogP contribution in [0.5, 0.6) is 0 Å². The van der Waals surface area contributed by atoms with Crippen LogP contribution in [0.2, 0.25) is 0 Å². The fraction of sp³-hybridized carbons (Fsp3) is 0.900. The molecule has 0 unspecified atom stereocenters. The molecule has 0 aromatic heterocycles. The Balaban J connectivity index is 3.78. The molecule has 0 aliphatic carbocycles. The van der Waals surface area contributed by atoms with Gasteiger partial charge in [0.15, 0.2) is 0 Å². The van der Waals surface area contributed by atoms with Gasteiger partial charge >= 0.3 is 0 Å². The molecule has 0 spiro atoms. The summed E-state index contributed by atoms with van der Waals surface area (Å²) in [6.45, 7) is 11.9. The van der Waals surface area contributed by atoms with Crippen LogP contribution >= 0.6 is 0 Å². The molecule has 0 aliphatic heterocycles. The zero-order valence-corrected chi connectivity index (χ0v) is 8.48. The average molecular weight is 156 g/mol. The molecule has 0 amide bonds. The Morgan fingerprint density at radius 1 is 1.27 bits per heavy atom. The van der Waals surface area contributed by atoms with Crippen LogP contribution in [0.25, 0.3) is 0 Å². The lowest BCUT2D eigenvalue weighted by Gasteiger charge is -2.24. The van der Waals surface area contributed by atoms with Crippen LogP contribution in [-0.2, 0) is 0 Å². The Labute approximate surface area is 71.1 Å². The van der Waals surface area contributed by atoms with Crippen LogP contribution in [0.3, 0.4) is 0 Å². The van der Waals surface area contributed by atoms with Crippen LogP contribution in [0.15, 0.2) is 0 Å². The summed E-state index contributed by atoms with van der Waals surface area (Å²) in [5, 5.41) is 0. The van der Waals surface area contributed by atoms with Gasteiger partial charge in [-0.25, -0.2) is 4.58 Å². The molecule has 0 radical (unpaired) electrons. The third-order valence-corrected chi connectivity index (χ3v) is 2.80. The maximum absolute atomic E-state index is 3.84. The SMILES string of the molecule is C=[N+](C)CCC(C)(CC)CC. The molecule has 0 atom stereocenters. The standard InChI is InChI=1S/C10H22N/c1-6-10(3,7-2)8-9-11(4)5/h4,6-9H2,1-3,5H3/q+1. The number of hydrogen-bond acceptors (Lipinski definition) is 0.